The van der Waals surface area contributed by atoms with Crippen LogP contribution >= 0.6 is 35.0 Å². The fraction of sp³-hybridized carbons (Fsp3) is 0.391. The maximum Gasteiger partial charge on any atom is 0.242 e. The number of nitrogens with one attached hydrogen (secondary N) is 1. The maximum atomic E-state index is 14.0. The lowest BCUT2D eigenvalue weighted by atomic mass is 10.1. The van der Waals surface area contributed by atoms with Gasteiger partial charge in [0.25, 0.3) is 0 Å². The number of hydrogen-bond acceptors (Lipinski definition) is 3. The number of unbranched alkanes of at least 4 members (excludes halogenated alkanes) is 1. The Morgan fingerprint density at radius 1 is 1.16 bits per heavy atom. The molecule has 2 aromatic carbocycles. The molecule has 1 N–H and O–H groups in total. The quantitative estimate of drug-likeness (QED) is 0.416. The van der Waals surface area contributed by atoms with Gasteiger partial charge in [0.15, 0.2) is 0 Å². The van der Waals surface area contributed by atoms with Crippen molar-refractivity contribution in [2.45, 2.75) is 45.0 Å². The molecule has 0 aliphatic rings. The molecular formula is C23H27Cl2FN2O2S. The van der Waals surface area contributed by atoms with Gasteiger partial charge in [0.1, 0.15) is 11.9 Å². The van der Waals surface area contributed by atoms with Crippen LogP contribution in [0.4, 0.5) is 4.39 Å². The van der Waals surface area contributed by atoms with Gasteiger partial charge in [-0.1, -0.05) is 54.7 Å². The highest BCUT2D eigenvalue weighted by molar-refractivity contribution is 7.99. The van der Waals surface area contributed by atoms with Gasteiger partial charge in [0.2, 0.25) is 11.8 Å². The van der Waals surface area contributed by atoms with Crippen LogP contribution < -0.4 is 5.32 Å². The number of hydrogen-bond donors (Lipinski definition) is 1. The number of nitrogens with zero attached hydrogens (tertiary/aromatic N) is 1. The van der Waals surface area contributed by atoms with Crippen LogP contribution in [0.15, 0.2) is 42.5 Å². The first-order valence-electron chi connectivity index (χ1n) is 10.2. The first kappa shape index (κ1) is 25.5. The highest BCUT2D eigenvalue weighted by Crippen LogP contribution is 2.24. The minimum absolute atomic E-state index is 0.102. The van der Waals surface area contributed by atoms with Crippen LogP contribution in [0.1, 0.15) is 37.8 Å². The summed E-state index contributed by atoms with van der Waals surface area (Å²) in [5.41, 5.74) is 1.24. The number of thioether (sulfide) groups is 1. The zero-order chi connectivity index (χ0) is 22.8. The predicted octanol–water partition coefficient (Wildman–Crippen LogP) is 5.70. The van der Waals surface area contributed by atoms with E-state index < -0.39 is 11.9 Å². The summed E-state index contributed by atoms with van der Waals surface area (Å²) < 4.78 is 14.0. The lowest BCUT2D eigenvalue weighted by Crippen LogP contribution is -2.48. The molecule has 1 atom stereocenters. The van der Waals surface area contributed by atoms with E-state index >= 15 is 0 Å². The number of carbonyl (C=O) groups excluding carboxylic acids is 2. The molecule has 0 aliphatic heterocycles. The summed E-state index contributed by atoms with van der Waals surface area (Å²) in [6.45, 7) is 4.61. The van der Waals surface area contributed by atoms with Gasteiger partial charge < -0.3 is 10.2 Å². The van der Waals surface area contributed by atoms with Crippen molar-refractivity contribution in [2.75, 3.05) is 12.3 Å². The van der Waals surface area contributed by atoms with E-state index in [9.17, 15) is 14.0 Å². The van der Waals surface area contributed by atoms with Crippen LogP contribution in [-0.4, -0.2) is 35.1 Å². The second kappa shape index (κ2) is 12.9. The first-order valence-corrected chi connectivity index (χ1v) is 12.1. The second-order valence-electron chi connectivity index (χ2n) is 7.16. The van der Waals surface area contributed by atoms with Gasteiger partial charge in [-0.3, -0.25) is 9.59 Å². The largest absolute Gasteiger partial charge is 0.354 e. The Morgan fingerprint density at radius 2 is 1.87 bits per heavy atom. The maximum absolute atomic E-state index is 14.0. The van der Waals surface area contributed by atoms with Crippen molar-refractivity contribution < 1.29 is 14.0 Å². The highest BCUT2D eigenvalue weighted by atomic mass is 35.5. The van der Waals surface area contributed by atoms with Gasteiger partial charge in [-0.25, -0.2) is 4.39 Å². The lowest BCUT2D eigenvalue weighted by molar-refractivity contribution is -0.138. The van der Waals surface area contributed by atoms with Crippen molar-refractivity contribution in [3.8, 4) is 0 Å². The molecule has 2 rings (SSSR count). The van der Waals surface area contributed by atoms with E-state index in [1.807, 2.05) is 19.1 Å². The monoisotopic (exact) mass is 484 g/mol. The molecular weight excluding hydrogens is 458 g/mol. The van der Waals surface area contributed by atoms with Gasteiger partial charge in [0, 0.05) is 34.5 Å². The van der Waals surface area contributed by atoms with Gasteiger partial charge in [-0.2, -0.15) is 0 Å². The standard InChI is InChI=1S/C23H27Cl2FN2O2S/c1-3-4-12-27-23(30)16(2)28(13-17-8-10-18(24)11-9-17)22(29)15-31-14-19-20(25)6-5-7-21(19)26/h5-11,16H,3-4,12-15H2,1-2H3,(H,27,30)/t16-/m1/s1. The number of carbonyl (C=O) groups is 2. The van der Waals surface area contributed by atoms with Crippen molar-refractivity contribution in [1.82, 2.24) is 10.2 Å². The molecule has 0 radical (unpaired) electrons. The summed E-state index contributed by atoms with van der Waals surface area (Å²) in [5, 5.41) is 3.82. The van der Waals surface area contributed by atoms with Crippen LogP contribution in [0, 0.1) is 5.82 Å². The van der Waals surface area contributed by atoms with E-state index in [2.05, 4.69) is 5.32 Å². The van der Waals surface area contributed by atoms with Crippen LogP contribution in [0.5, 0.6) is 0 Å². The minimum Gasteiger partial charge on any atom is -0.354 e. The smallest absolute Gasteiger partial charge is 0.242 e. The average molecular weight is 485 g/mol. The van der Waals surface area contributed by atoms with Gasteiger partial charge in [-0.05, 0) is 43.2 Å². The summed E-state index contributed by atoms with van der Waals surface area (Å²) in [4.78, 5) is 27.2. The Balaban J connectivity index is 2.07. The molecule has 168 valence electrons. The fourth-order valence-corrected chi connectivity index (χ4v) is 4.27. The molecule has 0 fully saturated rings. The molecule has 0 bridgehead atoms. The molecule has 0 spiro atoms. The second-order valence-corrected chi connectivity index (χ2v) is 8.99. The molecule has 0 aromatic heterocycles. The molecule has 31 heavy (non-hydrogen) atoms. The molecule has 2 aromatic rings. The van der Waals surface area contributed by atoms with Crippen molar-refractivity contribution in [2.24, 2.45) is 0 Å². The molecule has 0 saturated heterocycles. The van der Waals surface area contributed by atoms with Crippen LogP contribution in [-0.2, 0) is 21.9 Å². The summed E-state index contributed by atoms with van der Waals surface area (Å²) in [6, 6.07) is 11.0. The van der Waals surface area contributed by atoms with Crippen molar-refractivity contribution >= 4 is 46.8 Å². The molecule has 0 saturated carbocycles. The van der Waals surface area contributed by atoms with Crippen LogP contribution in [0.2, 0.25) is 10.0 Å². The molecule has 8 heteroatoms. The zero-order valence-corrected chi connectivity index (χ0v) is 20.0. The summed E-state index contributed by atoms with van der Waals surface area (Å²) >= 11 is 13.3. The zero-order valence-electron chi connectivity index (χ0n) is 17.7. The summed E-state index contributed by atoms with van der Waals surface area (Å²) in [7, 11) is 0. The summed E-state index contributed by atoms with van der Waals surface area (Å²) in [5.74, 6) is -0.425. The van der Waals surface area contributed by atoms with Gasteiger partial charge in [0.05, 0.1) is 5.75 Å². The number of rotatable bonds is 11. The van der Waals surface area contributed by atoms with E-state index in [0.29, 0.717) is 22.2 Å². The Morgan fingerprint density at radius 3 is 2.52 bits per heavy atom. The van der Waals surface area contributed by atoms with E-state index in [1.54, 1.807) is 36.1 Å². The molecule has 2 amide bonds. The number of benzene rings is 2. The Hall–Kier alpha value is -1.76. The number of halogens is 3. The Kier molecular flexibility index (Phi) is 10.6. The average Bonchev–Trinajstić information content (AvgIpc) is 2.75. The number of amides is 2. The van der Waals surface area contributed by atoms with Gasteiger partial charge >= 0.3 is 0 Å². The SMILES string of the molecule is CCCCNC(=O)[C@@H](C)N(Cc1ccc(Cl)cc1)C(=O)CSCc1c(F)cccc1Cl. The molecule has 0 heterocycles. The third-order valence-corrected chi connectivity index (χ3v) is 6.35. The Labute approximate surface area is 197 Å². The van der Waals surface area contributed by atoms with E-state index in [0.717, 1.165) is 18.4 Å². The minimum atomic E-state index is -0.641. The molecule has 0 unspecified atom stereocenters. The third kappa shape index (κ3) is 8.02. The Bertz CT molecular complexity index is 860. The van der Waals surface area contributed by atoms with Crippen molar-refractivity contribution in [3.05, 3.63) is 69.5 Å². The van der Waals surface area contributed by atoms with Crippen LogP contribution in [0.3, 0.4) is 0 Å². The first-order chi connectivity index (χ1) is 14.8. The normalized spacial score (nSPS) is 11.8. The topological polar surface area (TPSA) is 49.4 Å². The molecule has 0 aliphatic carbocycles. The highest BCUT2D eigenvalue weighted by Gasteiger charge is 2.26. The van der Waals surface area contributed by atoms with E-state index in [4.69, 9.17) is 23.2 Å². The van der Waals surface area contributed by atoms with E-state index in [-0.39, 0.29) is 29.9 Å². The van der Waals surface area contributed by atoms with Gasteiger partial charge in [-0.15, -0.1) is 11.8 Å². The van der Waals surface area contributed by atoms with Crippen molar-refractivity contribution in [3.63, 3.8) is 0 Å². The fourth-order valence-electron chi connectivity index (χ4n) is 2.90. The van der Waals surface area contributed by atoms with Crippen LogP contribution in [0.25, 0.3) is 0 Å². The predicted molar refractivity (Wildman–Crippen MR) is 127 cm³/mol. The molecule has 4 nitrogen and oxygen atoms in total. The lowest BCUT2D eigenvalue weighted by Gasteiger charge is -2.29. The third-order valence-electron chi connectivity index (χ3n) is 4.80. The van der Waals surface area contributed by atoms with Crippen molar-refractivity contribution in [1.29, 1.82) is 0 Å². The summed E-state index contributed by atoms with van der Waals surface area (Å²) in [6.07, 6.45) is 1.85. The van der Waals surface area contributed by atoms with E-state index in [1.165, 1.54) is 17.8 Å².